The number of unbranched alkanes of at least 4 members (excludes halogenated alkanes) is 1. The molecule has 1 aromatic heterocycles. The van der Waals surface area contributed by atoms with E-state index in [0.29, 0.717) is 11.7 Å². The number of anilines is 1. The fourth-order valence-corrected chi connectivity index (χ4v) is 1.34. The van der Waals surface area contributed by atoms with E-state index in [4.69, 9.17) is 10.6 Å². The molecule has 0 atom stereocenters. The highest BCUT2D eigenvalue weighted by atomic mass is 32.1. The van der Waals surface area contributed by atoms with E-state index in [2.05, 4.69) is 4.98 Å². The average molecular weight is 215 g/mol. The zero-order valence-corrected chi connectivity index (χ0v) is 8.79. The van der Waals surface area contributed by atoms with Crippen molar-refractivity contribution in [3.8, 4) is 0 Å². The lowest BCUT2D eigenvalue weighted by Crippen LogP contribution is -2.38. The molecule has 0 aromatic carbocycles. The molecule has 5 nitrogen and oxygen atoms in total. The van der Waals surface area contributed by atoms with Gasteiger partial charge in [-0.15, -0.1) is 11.3 Å². The van der Waals surface area contributed by atoms with Crippen molar-refractivity contribution in [3.63, 3.8) is 0 Å². The number of aromatic nitrogens is 1. The number of nitrogens with zero attached hydrogens (tertiary/aromatic N) is 2. The fraction of sp³-hybridized carbons (Fsp3) is 0.500. The minimum absolute atomic E-state index is 0.397. The van der Waals surface area contributed by atoms with Crippen LogP contribution in [-0.4, -0.2) is 17.7 Å². The molecule has 0 spiro atoms. The lowest BCUT2D eigenvalue weighted by Gasteiger charge is -2.12. The second kappa shape index (κ2) is 5.56. The van der Waals surface area contributed by atoms with Gasteiger partial charge in [-0.1, -0.05) is 13.3 Å². The van der Waals surface area contributed by atoms with Gasteiger partial charge in [-0.3, -0.25) is 0 Å². The van der Waals surface area contributed by atoms with Crippen LogP contribution in [0.2, 0.25) is 0 Å². The third-order valence-electron chi connectivity index (χ3n) is 1.55. The summed E-state index contributed by atoms with van der Waals surface area (Å²) in [5.74, 6) is 5.47. The Labute approximate surface area is 86.5 Å². The number of carbonyl (C=O) groups excluding carboxylic acids is 1. The summed E-state index contributed by atoms with van der Waals surface area (Å²) in [5, 5.41) is 3.10. The molecule has 1 heterocycles. The Morgan fingerprint density at radius 3 is 3.14 bits per heavy atom. The van der Waals surface area contributed by atoms with Gasteiger partial charge in [0.2, 0.25) is 5.13 Å². The molecule has 0 aliphatic rings. The summed E-state index contributed by atoms with van der Waals surface area (Å²) in [4.78, 5) is 15.1. The van der Waals surface area contributed by atoms with Crippen LogP contribution in [0.15, 0.2) is 11.6 Å². The Morgan fingerprint density at radius 1 is 1.79 bits per heavy atom. The van der Waals surface area contributed by atoms with Gasteiger partial charge in [-0.25, -0.2) is 15.6 Å². The quantitative estimate of drug-likeness (QED) is 0.359. The molecule has 2 N–H and O–H groups in total. The second-order valence-corrected chi connectivity index (χ2v) is 3.53. The summed E-state index contributed by atoms with van der Waals surface area (Å²) in [5.41, 5.74) is 0. The van der Waals surface area contributed by atoms with Crippen LogP contribution >= 0.6 is 11.3 Å². The summed E-state index contributed by atoms with van der Waals surface area (Å²) < 4.78 is 4.90. The molecule has 0 saturated carbocycles. The maximum absolute atomic E-state index is 11.3. The Bertz CT molecular complexity index is 276. The molecule has 0 radical (unpaired) electrons. The number of hydrogen-bond acceptors (Lipinski definition) is 5. The van der Waals surface area contributed by atoms with Crippen LogP contribution < -0.4 is 10.9 Å². The summed E-state index contributed by atoms with van der Waals surface area (Å²) >= 11 is 1.29. The van der Waals surface area contributed by atoms with Crippen molar-refractivity contribution in [3.05, 3.63) is 11.6 Å². The summed E-state index contributed by atoms with van der Waals surface area (Å²) in [7, 11) is 0. The molecule has 0 unspecified atom stereocenters. The SMILES string of the molecule is CCCCOC(=O)N(N)c1nccs1. The first-order valence-electron chi connectivity index (χ1n) is 4.36. The van der Waals surface area contributed by atoms with Crippen molar-refractivity contribution >= 4 is 22.6 Å². The van der Waals surface area contributed by atoms with E-state index >= 15 is 0 Å². The van der Waals surface area contributed by atoms with Crippen LogP contribution in [0.3, 0.4) is 0 Å². The Balaban J connectivity index is 2.37. The van der Waals surface area contributed by atoms with Gasteiger partial charge in [0.05, 0.1) is 6.61 Å². The number of carbonyl (C=O) groups is 1. The van der Waals surface area contributed by atoms with Crippen molar-refractivity contribution in [2.24, 2.45) is 5.84 Å². The number of rotatable bonds is 4. The number of ether oxygens (including phenoxy) is 1. The van der Waals surface area contributed by atoms with Crippen molar-refractivity contribution < 1.29 is 9.53 Å². The lowest BCUT2D eigenvalue weighted by atomic mass is 10.4. The fourth-order valence-electron chi connectivity index (χ4n) is 0.786. The monoisotopic (exact) mass is 215 g/mol. The van der Waals surface area contributed by atoms with Gasteiger partial charge >= 0.3 is 6.09 Å². The molecule has 14 heavy (non-hydrogen) atoms. The van der Waals surface area contributed by atoms with Gasteiger partial charge in [0.1, 0.15) is 0 Å². The van der Waals surface area contributed by atoms with Crippen molar-refractivity contribution in [2.45, 2.75) is 19.8 Å². The topological polar surface area (TPSA) is 68.5 Å². The smallest absolute Gasteiger partial charge is 0.430 e. The molecule has 0 bridgehead atoms. The van der Waals surface area contributed by atoms with Crippen molar-refractivity contribution in [2.75, 3.05) is 11.6 Å². The lowest BCUT2D eigenvalue weighted by molar-refractivity contribution is 0.152. The molecule has 78 valence electrons. The number of hydrazine groups is 1. The van der Waals surface area contributed by atoms with E-state index < -0.39 is 6.09 Å². The molecule has 1 rings (SSSR count). The molecule has 6 heteroatoms. The van der Waals surface area contributed by atoms with Gasteiger partial charge in [0.25, 0.3) is 0 Å². The van der Waals surface area contributed by atoms with Crippen LogP contribution in [0, 0.1) is 0 Å². The van der Waals surface area contributed by atoms with Gasteiger partial charge in [-0.05, 0) is 6.42 Å². The Hall–Kier alpha value is -1.14. The number of nitrogens with two attached hydrogens (primary N) is 1. The zero-order valence-electron chi connectivity index (χ0n) is 7.97. The van der Waals surface area contributed by atoms with Gasteiger partial charge in [0, 0.05) is 11.6 Å². The maximum Gasteiger partial charge on any atom is 0.430 e. The predicted molar refractivity (Wildman–Crippen MR) is 55.0 cm³/mol. The Kier molecular flexibility index (Phi) is 4.34. The first kappa shape index (κ1) is 10.9. The predicted octanol–water partition coefficient (Wildman–Crippen LogP) is 1.76. The van der Waals surface area contributed by atoms with Crippen LogP contribution in [0.25, 0.3) is 0 Å². The molecule has 0 fully saturated rings. The molecule has 0 saturated heterocycles. The molecule has 0 aliphatic heterocycles. The van der Waals surface area contributed by atoms with E-state index in [1.165, 1.54) is 11.3 Å². The summed E-state index contributed by atoms with van der Waals surface area (Å²) in [6.45, 7) is 2.42. The van der Waals surface area contributed by atoms with E-state index in [9.17, 15) is 4.79 Å². The largest absolute Gasteiger partial charge is 0.448 e. The molecule has 1 aromatic rings. The number of amides is 1. The third kappa shape index (κ3) is 2.97. The van der Waals surface area contributed by atoms with Crippen molar-refractivity contribution in [1.82, 2.24) is 4.98 Å². The normalized spacial score (nSPS) is 9.86. The van der Waals surface area contributed by atoms with Crippen LogP contribution in [-0.2, 0) is 4.74 Å². The Morgan fingerprint density at radius 2 is 2.57 bits per heavy atom. The van der Waals surface area contributed by atoms with Gasteiger partial charge in [-0.2, -0.15) is 5.01 Å². The highest BCUT2D eigenvalue weighted by molar-refractivity contribution is 7.13. The average Bonchev–Trinajstić information content (AvgIpc) is 2.69. The maximum atomic E-state index is 11.3. The minimum atomic E-state index is -0.562. The van der Waals surface area contributed by atoms with Crippen LogP contribution in [0.4, 0.5) is 9.93 Å². The van der Waals surface area contributed by atoms with Gasteiger partial charge in [0.15, 0.2) is 0 Å². The first-order chi connectivity index (χ1) is 6.75. The van der Waals surface area contributed by atoms with Crippen LogP contribution in [0.1, 0.15) is 19.8 Å². The standard InChI is InChI=1S/C8H13N3O2S/c1-2-3-5-13-8(12)11(9)7-10-4-6-14-7/h4,6H,2-3,5,9H2,1H3. The number of hydrogen-bond donors (Lipinski definition) is 1. The highest BCUT2D eigenvalue weighted by Crippen LogP contribution is 2.14. The molecule has 1 amide bonds. The van der Waals surface area contributed by atoms with E-state index in [1.807, 2.05) is 6.92 Å². The van der Waals surface area contributed by atoms with E-state index in [-0.39, 0.29) is 0 Å². The highest BCUT2D eigenvalue weighted by Gasteiger charge is 2.14. The minimum Gasteiger partial charge on any atom is -0.448 e. The molecule has 0 aliphatic carbocycles. The number of thiazole rings is 1. The molecular weight excluding hydrogens is 202 g/mol. The van der Waals surface area contributed by atoms with E-state index in [0.717, 1.165) is 17.9 Å². The summed E-state index contributed by atoms with van der Waals surface area (Å²) in [6, 6.07) is 0. The zero-order chi connectivity index (χ0) is 10.4. The summed E-state index contributed by atoms with van der Waals surface area (Å²) in [6.07, 6.45) is 2.85. The van der Waals surface area contributed by atoms with Crippen LogP contribution in [0.5, 0.6) is 0 Å². The molecular formula is C8H13N3O2S. The van der Waals surface area contributed by atoms with Gasteiger partial charge < -0.3 is 4.74 Å². The van der Waals surface area contributed by atoms with Crippen molar-refractivity contribution in [1.29, 1.82) is 0 Å². The third-order valence-corrected chi connectivity index (χ3v) is 2.32. The van der Waals surface area contributed by atoms with E-state index in [1.54, 1.807) is 11.6 Å². The first-order valence-corrected chi connectivity index (χ1v) is 5.24. The second-order valence-electron chi connectivity index (χ2n) is 2.65.